The quantitative estimate of drug-likeness (QED) is 0.742. The molecule has 1 aliphatic heterocycles. The molecule has 2 aliphatic rings. The van der Waals surface area contributed by atoms with Crippen LogP contribution in [0.25, 0.3) is 0 Å². The minimum Gasteiger partial charge on any atom is -0.444 e. The Balaban J connectivity index is 1.90. The second kappa shape index (κ2) is 4.12. The maximum absolute atomic E-state index is 11.8. The minimum absolute atomic E-state index is 0.0735. The molecule has 0 bridgehead atoms. The Morgan fingerprint density at radius 3 is 2.59 bits per heavy atom. The maximum Gasteiger partial charge on any atom is 0.408 e. The summed E-state index contributed by atoms with van der Waals surface area (Å²) in [6.07, 6.45) is 2.63. The van der Waals surface area contributed by atoms with Crippen LogP contribution in [-0.4, -0.2) is 28.8 Å². The van der Waals surface area contributed by atoms with Gasteiger partial charge in [0.05, 0.1) is 4.99 Å². The van der Waals surface area contributed by atoms with Crippen LogP contribution in [0.5, 0.6) is 0 Å². The van der Waals surface area contributed by atoms with Gasteiger partial charge in [0, 0.05) is 24.4 Å². The molecule has 1 aliphatic carbocycles. The van der Waals surface area contributed by atoms with Gasteiger partial charge in [-0.2, -0.15) is 0 Å². The zero-order valence-corrected chi connectivity index (χ0v) is 11.4. The highest BCUT2D eigenvalue weighted by atomic mass is 32.1. The molecule has 0 aromatic carbocycles. The molecule has 1 saturated carbocycles. The molecular weight excluding hydrogens is 236 g/mol. The van der Waals surface area contributed by atoms with Gasteiger partial charge in [-0.15, -0.1) is 0 Å². The van der Waals surface area contributed by atoms with Crippen molar-refractivity contribution in [2.24, 2.45) is 5.92 Å². The normalized spacial score (nSPS) is 26.3. The molecular formula is C12H20N2O2S. The number of carbonyl (C=O) groups excluding carboxylic acids is 1. The van der Waals surface area contributed by atoms with Crippen molar-refractivity contribution in [1.82, 2.24) is 10.6 Å². The predicted molar refractivity (Wildman–Crippen MR) is 70.0 cm³/mol. The Labute approximate surface area is 107 Å². The van der Waals surface area contributed by atoms with E-state index < -0.39 is 5.60 Å². The van der Waals surface area contributed by atoms with E-state index in [4.69, 9.17) is 17.0 Å². The summed E-state index contributed by atoms with van der Waals surface area (Å²) in [6, 6.07) is 0. The van der Waals surface area contributed by atoms with Crippen LogP contribution in [-0.2, 0) is 4.74 Å². The van der Waals surface area contributed by atoms with Gasteiger partial charge in [0.15, 0.2) is 0 Å². The molecule has 0 spiro atoms. The van der Waals surface area contributed by atoms with Crippen LogP contribution in [0.3, 0.4) is 0 Å². The second-order valence-electron chi connectivity index (χ2n) is 5.99. The minimum atomic E-state index is -0.441. The number of hydrogen-bond acceptors (Lipinski definition) is 3. The van der Waals surface area contributed by atoms with Gasteiger partial charge in [-0.25, -0.2) is 4.79 Å². The molecule has 17 heavy (non-hydrogen) atoms. The maximum atomic E-state index is 11.8. The van der Waals surface area contributed by atoms with Crippen LogP contribution in [0, 0.1) is 5.92 Å². The molecule has 0 radical (unpaired) electrons. The lowest BCUT2D eigenvalue weighted by atomic mass is 9.96. The zero-order chi connectivity index (χ0) is 12.7. The van der Waals surface area contributed by atoms with Gasteiger partial charge in [0.2, 0.25) is 0 Å². The van der Waals surface area contributed by atoms with E-state index in [9.17, 15) is 4.79 Å². The topological polar surface area (TPSA) is 50.4 Å². The lowest BCUT2D eigenvalue weighted by Crippen LogP contribution is -2.45. The van der Waals surface area contributed by atoms with E-state index in [1.807, 2.05) is 20.8 Å². The highest BCUT2D eigenvalue weighted by Crippen LogP contribution is 2.45. The van der Waals surface area contributed by atoms with E-state index in [1.165, 1.54) is 0 Å². The molecule has 2 fully saturated rings. The van der Waals surface area contributed by atoms with Crippen molar-refractivity contribution < 1.29 is 9.53 Å². The summed E-state index contributed by atoms with van der Waals surface area (Å²) in [4.78, 5) is 12.7. The first-order valence-electron chi connectivity index (χ1n) is 6.09. The monoisotopic (exact) mass is 256 g/mol. The van der Waals surface area contributed by atoms with E-state index in [1.54, 1.807) is 0 Å². The van der Waals surface area contributed by atoms with E-state index in [-0.39, 0.29) is 11.6 Å². The van der Waals surface area contributed by atoms with Crippen LogP contribution in [0.1, 0.15) is 40.0 Å². The van der Waals surface area contributed by atoms with Gasteiger partial charge in [-0.05, 0) is 33.6 Å². The lowest BCUT2D eigenvalue weighted by molar-refractivity contribution is 0.0478. The highest BCUT2D eigenvalue weighted by Gasteiger charge is 2.52. The molecule has 1 saturated heterocycles. The van der Waals surface area contributed by atoms with Gasteiger partial charge in [0.25, 0.3) is 0 Å². The molecule has 1 atom stereocenters. The summed E-state index contributed by atoms with van der Waals surface area (Å²) in [7, 11) is 0. The number of amides is 1. The van der Waals surface area contributed by atoms with Gasteiger partial charge < -0.3 is 15.4 Å². The largest absolute Gasteiger partial charge is 0.444 e. The number of ether oxygens (including phenoxy) is 1. The molecule has 0 aromatic heterocycles. The standard InChI is InChI=1S/C12H20N2O2S/c1-11(2,3)16-10(15)14-12(4-5-12)8-6-9(17)13-7-8/h8H,4-7H2,1-3H3,(H,13,17)(H,14,15)/t8-/m1/s1. The molecule has 1 amide bonds. The molecule has 4 nitrogen and oxygen atoms in total. The Hall–Kier alpha value is -0.840. The number of carbonyl (C=O) groups is 1. The summed E-state index contributed by atoms with van der Waals surface area (Å²) in [5.41, 5.74) is -0.515. The van der Waals surface area contributed by atoms with Crippen molar-refractivity contribution in [3.63, 3.8) is 0 Å². The first-order chi connectivity index (χ1) is 7.81. The SMILES string of the molecule is CC(C)(C)OC(=O)NC1([C@H]2CNC(=S)C2)CC1. The van der Waals surface area contributed by atoms with E-state index in [0.717, 1.165) is 30.8 Å². The van der Waals surface area contributed by atoms with Crippen molar-refractivity contribution in [3.8, 4) is 0 Å². The van der Waals surface area contributed by atoms with Crippen molar-refractivity contribution in [1.29, 1.82) is 0 Å². The van der Waals surface area contributed by atoms with Crippen LogP contribution in [0.15, 0.2) is 0 Å². The second-order valence-corrected chi connectivity index (χ2v) is 6.48. The Morgan fingerprint density at radius 1 is 1.53 bits per heavy atom. The van der Waals surface area contributed by atoms with Gasteiger partial charge in [-0.3, -0.25) is 0 Å². The van der Waals surface area contributed by atoms with Crippen molar-refractivity contribution in [3.05, 3.63) is 0 Å². The van der Waals surface area contributed by atoms with Gasteiger partial charge >= 0.3 is 6.09 Å². The molecule has 2 rings (SSSR count). The average molecular weight is 256 g/mol. The van der Waals surface area contributed by atoms with E-state index in [0.29, 0.717) is 5.92 Å². The van der Waals surface area contributed by atoms with E-state index in [2.05, 4.69) is 10.6 Å². The molecule has 1 heterocycles. The third-order valence-corrected chi connectivity index (χ3v) is 3.61. The molecule has 5 heteroatoms. The fourth-order valence-electron chi connectivity index (χ4n) is 2.27. The summed E-state index contributed by atoms with van der Waals surface area (Å²) >= 11 is 5.14. The van der Waals surface area contributed by atoms with Crippen LogP contribution in [0.4, 0.5) is 4.79 Å². The molecule has 0 unspecified atom stereocenters. The lowest BCUT2D eigenvalue weighted by Gasteiger charge is -2.26. The van der Waals surface area contributed by atoms with E-state index >= 15 is 0 Å². The third kappa shape index (κ3) is 3.09. The average Bonchev–Trinajstić information content (AvgIpc) is 2.77. The first kappa shape index (κ1) is 12.6. The number of nitrogens with one attached hydrogen (secondary N) is 2. The first-order valence-corrected chi connectivity index (χ1v) is 6.49. The van der Waals surface area contributed by atoms with Crippen LogP contribution >= 0.6 is 12.2 Å². The summed E-state index contributed by atoms with van der Waals surface area (Å²) in [6.45, 7) is 6.49. The zero-order valence-electron chi connectivity index (χ0n) is 10.6. The Kier molecular flexibility index (Phi) is 3.06. The summed E-state index contributed by atoms with van der Waals surface area (Å²) in [5, 5.41) is 6.20. The van der Waals surface area contributed by atoms with Gasteiger partial charge in [0.1, 0.15) is 5.60 Å². The van der Waals surface area contributed by atoms with Crippen LogP contribution < -0.4 is 10.6 Å². The predicted octanol–water partition coefficient (Wildman–Crippen LogP) is 1.98. The van der Waals surface area contributed by atoms with Crippen LogP contribution in [0.2, 0.25) is 0 Å². The van der Waals surface area contributed by atoms with Crippen molar-refractivity contribution in [2.75, 3.05) is 6.54 Å². The Morgan fingerprint density at radius 2 is 2.18 bits per heavy atom. The number of thiocarbonyl (C=S) groups is 1. The summed E-state index contributed by atoms with van der Waals surface area (Å²) in [5.74, 6) is 0.419. The fourth-order valence-corrected chi connectivity index (χ4v) is 2.56. The smallest absolute Gasteiger partial charge is 0.408 e. The van der Waals surface area contributed by atoms with Crippen molar-refractivity contribution >= 4 is 23.3 Å². The number of rotatable bonds is 2. The fraction of sp³-hybridized carbons (Fsp3) is 0.833. The molecule has 2 N–H and O–H groups in total. The number of hydrogen-bond donors (Lipinski definition) is 2. The number of alkyl carbamates (subject to hydrolysis) is 1. The molecule has 0 aromatic rings. The third-order valence-electron chi connectivity index (χ3n) is 3.30. The summed E-state index contributed by atoms with van der Waals surface area (Å²) < 4.78 is 5.30. The highest BCUT2D eigenvalue weighted by molar-refractivity contribution is 7.80. The Bertz CT molecular complexity index is 345. The van der Waals surface area contributed by atoms with Crippen molar-refractivity contribution in [2.45, 2.75) is 51.2 Å². The molecule has 96 valence electrons. The van der Waals surface area contributed by atoms with Gasteiger partial charge in [-0.1, -0.05) is 12.2 Å².